The van der Waals surface area contributed by atoms with E-state index < -0.39 is 0 Å². The van der Waals surface area contributed by atoms with Crippen LogP contribution in [0.2, 0.25) is 0 Å². The normalized spacial score (nSPS) is 25.6. The summed E-state index contributed by atoms with van der Waals surface area (Å²) >= 11 is 0. The van der Waals surface area contributed by atoms with Crippen molar-refractivity contribution in [3.05, 3.63) is 35.4 Å². The molecule has 1 aromatic carbocycles. The molecular weight excluding hydrogens is 286 g/mol. The highest BCUT2D eigenvalue weighted by atomic mass is 16.1. The number of carbonyl (C=O) groups is 1. The van der Waals surface area contributed by atoms with Gasteiger partial charge in [-0.2, -0.15) is 0 Å². The average molecular weight is 315 g/mol. The number of amides is 1. The minimum absolute atomic E-state index is 0.00284. The van der Waals surface area contributed by atoms with Gasteiger partial charge in [0.25, 0.3) is 0 Å². The summed E-state index contributed by atoms with van der Waals surface area (Å²) in [6.07, 6.45) is 5.90. The lowest BCUT2D eigenvalue weighted by Gasteiger charge is -2.36. The highest BCUT2D eigenvalue weighted by Gasteiger charge is 2.39. The Balaban J connectivity index is 1.60. The van der Waals surface area contributed by atoms with Crippen molar-refractivity contribution >= 4 is 5.91 Å². The van der Waals surface area contributed by atoms with Crippen molar-refractivity contribution in [1.29, 1.82) is 0 Å². The summed E-state index contributed by atoms with van der Waals surface area (Å²) in [6, 6.07) is 8.83. The number of rotatable bonds is 5. The summed E-state index contributed by atoms with van der Waals surface area (Å²) in [7, 11) is 4.23. The number of nitrogens with two attached hydrogens (primary N) is 1. The first-order valence-electron chi connectivity index (χ1n) is 8.77. The van der Waals surface area contributed by atoms with Gasteiger partial charge in [0.2, 0.25) is 5.91 Å². The Labute approximate surface area is 139 Å². The number of benzene rings is 1. The Morgan fingerprint density at radius 3 is 2.43 bits per heavy atom. The van der Waals surface area contributed by atoms with Gasteiger partial charge in [-0.1, -0.05) is 30.7 Å². The standard InChI is InChI=1S/C19H29N3O/c1-22(2)19(11-15-6-3-4-7-16(15)12-19)13-21-18(23)10-14-8-5-9-17(14)20/h3-4,6-7,14,17H,5,8-13,20H2,1-2H3,(H,21,23)/t14-,17+/m0/s1. The van der Waals surface area contributed by atoms with E-state index in [1.54, 1.807) is 0 Å². The molecule has 0 bridgehead atoms. The fourth-order valence-corrected chi connectivity index (χ4v) is 4.17. The summed E-state index contributed by atoms with van der Waals surface area (Å²) in [4.78, 5) is 14.6. The Hall–Kier alpha value is -1.39. The van der Waals surface area contributed by atoms with E-state index in [9.17, 15) is 4.79 Å². The lowest BCUT2D eigenvalue weighted by molar-refractivity contribution is -0.122. The number of nitrogens with one attached hydrogen (secondary N) is 1. The molecule has 0 heterocycles. The van der Waals surface area contributed by atoms with Crippen LogP contribution in [0.3, 0.4) is 0 Å². The van der Waals surface area contributed by atoms with Gasteiger partial charge in [0, 0.05) is 24.5 Å². The molecular formula is C19H29N3O. The van der Waals surface area contributed by atoms with Gasteiger partial charge in [-0.3, -0.25) is 4.79 Å². The molecule has 2 aliphatic rings. The number of carbonyl (C=O) groups excluding carboxylic acids is 1. The summed E-state index contributed by atoms with van der Waals surface area (Å²) in [5.74, 6) is 0.524. The summed E-state index contributed by atoms with van der Waals surface area (Å²) in [5, 5.41) is 3.19. The molecule has 23 heavy (non-hydrogen) atoms. The van der Waals surface area contributed by atoms with E-state index in [0.717, 1.165) is 32.1 Å². The molecule has 1 amide bonds. The van der Waals surface area contributed by atoms with Crippen LogP contribution in [0.5, 0.6) is 0 Å². The molecule has 0 saturated heterocycles. The monoisotopic (exact) mass is 315 g/mol. The average Bonchev–Trinajstić information content (AvgIpc) is 3.09. The van der Waals surface area contributed by atoms with Gasteiger partial charge in [-0.05, 0) is 56.8 Å². The van der Waals surface area contributed by atoms with Gasteiger partial charge in [-0.15, -0.1) is 0 Å². The van der Waals surface area contributed by atoms with Crippen molar-refractivity contribution in [3.8, 4) is 0 Å². The van der Waals surface area contributed by atoms with Crippen molar-refractivity contribution in [3.63, 3.8) is 0 Å². The molecule has 0 aliphatic heterocycles. The van der Waals surface area contributed by atoms with E-state index in [2.05, 4.69) is 48.6 Å². The largest absolute Gasteiger partial charge is 0.354 e. The topological polar surface area (TPSA) is 58.4 Å². The molecule has 3 rings (SSSR count). The highest BCUT2D eigenvalue weighted by molar-refractivity contribution is 5.76. The van der Waals surface area contributed by atoms with Crippen LogP contribution < -0.4 is 11.1 Å². The molecule has 126 valence electrons. The van der Waals surface area contributed by atoms with E-state index >= 15 is 0 Å². The Bertz CT molecular complexity index is 544. The maximum absolute atomic E-state index is 12.4. The molecule has 2 aliphatic carbocycles. The van der Waals surface area contributed by atoms with Crippen LogP contribution in [0, 0.1) is 5.92 Å². The lowest BCUT2D eigenvalue weighted by atomic mass is 9.93. The summed E-state index contributed by atoms with van der Waals surface area (Å²) < 4.78 is 0. The minimum Gasteiger partial charge on any atom is -0.354 e. The predicted molar refractivity (Wildman–Crippen MR) is 93.2 cm³/mol. The van der Waals surface area contributed by atoms with E-state index in [1.165, 1.54) is 11.1 Å². The third-order valence-electron chi connectivity index (χ3n) is 5.89. The van der Waals surface area contributed by atoms with Crippen LogP contribution in [0.4, 0.5) is 0 Å². The zero-order valence-corrected chi connectivity index (χ0v) is 14.3. The number of hydrogen-bond acceptors (Lipinski definition) is 3. The van der Waals surface area contributed by atoms with Crippen molar-refractivity contribution in [2.75, 3.05) is 20.6 Å². The Kier molecular flexibility index (Phi) is 4.74. The number of nitrogens with zero attached hydrogens (tertiary/aromatic N) is 1. The molecule has 1 fully saturated rings. The number of fused-ring (bicyclic) bond motifs is 1. The maximum atomic E-state index is 12.4. The first-order valence-corrected chi connectivity index (χ1v) is 8.77. The summed E-state index contributed by atoms with van der Waals surface area (Å²) in [5.41, 5.74) is 8.91. The second-order valence-electron chi connectivity index (χ2n) is 7.58. The predicted octanol–water partition coefficient (Wildman–Crippen LogP) is 1.72. The second-order valence-corrected chi connectivity index (χ2v) is 7.58. The van der Waals surface area contributed by atoms with Crippen molar-refractivity contribution in [2.45, 2.75) is 50.1 Å². The zero-order valence-electron chi connectivity index (χ0n) is 14.3. The van der Waals surface area contributed by atoms with E-state index in [-0.39, 0.29) is 17.5 Å². The molecule has 0 aromatic heterocycles. The lowest BCUT2D eigenvalue weighted by Crippen LogP contribution is -2.53. The number of hydrogen-bond donors (Lipinski definition) is 2. The SMILES string of the molecule is CN(C)C1(CNC(=O)C[C@@H]2CCC[C@H]2N)Cc2ccccc2C1. The molecule has 4 nitrogen and oxygen atoms in total. The van der Waals surface area contributed by atoms with Crippen molar-refractivity contribution in [1.82, 2.24) is 10.2 Å². The van der Waals surface area contributed by atoms with Crippen LogP contribution in [-0.2, 0) is 17.6 Å². The van der Waals surface area contributed by atoms with Gasteiger partial charge in [-0.25, -0.2) is 0 Å². The van der Waals surface area contributed by atoms with E-state index in [1.807, 2.05) is 0 Å². The summed E-state index contributed by atoms with van der Waals surface area (Å²) in [6.45, 7) is 0.704. The van der Waals surface area contributed by atoms with Crippen LogP contribution >= 0.6 is 0 Å². The smallest absolute Gasteiger partial charge is 0.220 e. The van der Waals surface area contributed by atoms with Gasteiger partial charge < -0.3 is 16.0 Å². The van der Waals surface area contributed by atoms with Crippen LogP contribution in [0.1, 0.15) is 36.8 Å². The van der Waals surface area contributed by atoms with E-state index in [0.29, 0.717) is 18.9 Å². The molecule has 0 radical (unpaired) electrons. The highest BCUT2D eigenvalue weighted by Crippen LogP contribution is 2.33. The third-order valence-corrected chi connectivity index (χ3v) is 5.89. The van der Waals surface area contributed by atoms with Gasteiger partial charge in [0.05, 0.1) is 0 Å². The molecule has 1 aromatic rings. The molecule has 4 heteroatoms. The van der Waals surface area contributed by atoms with E-state index in [4.69, 9.17) is 5.73 Å². The zero-order chi connectivity index (χ0) is 16.4. The maximum Gasteiger partial charge on any atom is 0.220 e. The van der Waals surface area contributed by atoms with Crippen LogP contribution in [0.25, 0.3) is 0 Å². The molecule has 0 spiro atoms. The van der Waals surface area contributed by atoms with Gasteiger partial charge in [0.15, 0.2) is 0 Å². The quantitative estimate of drug-likeness (QED) is 0.870. The minimum atomic E-state index is -0.00284. The first kappa shape index (κ1) is 16.5. The Morgan fingerprint density at radius 1 is 1.26 bits per heavy atom. The van der Waals surface area contributed by atoms with Crippen molar-refractivity contribution in [2.24, 2.45) is 11.7 Å². The van der Waals surface area contributed by atoms with Crippen molar-refractivity contribution < 1.29 is 4.79 Å². The van der Waals surface area contributed by atoms with Gasteiger partial charge in [0.1, 0.15) is 0 Å². The second kappa shape index (κ2) is 6.62. The fraction of sp³-hybridized carbons (Fsp3) is 0.632. The molecule has 1 saturated carbocycles. The molecule has 3 N–H and O–H groups in total. The molecule has 2 atom stereocenters. The Morgan fingerprint density at radius 2 is 1.91 bits per heavy atom. The van der Waals surface area contributed by atoms with Crippen LogP contribution in [-0.4, -0.2) is 43.0 Å². The third kappa shape index (κ3) is 3.43. The number of likely N-dealkylation sites (N-methyl/N-ethyl adjacent to an activating group) is 1. The van der Waals surface area contributed by atoms with Gasteiger partial charge >= 0.3 is 0 Å². The first-order chi connectivity index (χ1) is 11.0. The van der Waals surface area contributed by atoms with Crippen LogP contribution in [0.15, 0.2) is 24.3 Å². The molecule has 0 unspecified atom stereocenters. The fourth-order valence-electron chi connectivity index (χ4n) is 4.17.